The lowest BCUT2D eigenvalue weighted by molar-refractivity contribution is 0.247. The van der Waals surface area contributed by atoms with Gasteiger partial charge in [0.2, 0.25) is 5.95 Å². The van der Waals surface area contributed by atoms with Crippen LogP contribution < -0.4 is 10.2 Å². The standard InChI is InChI=1S/C28H35N7/c1-5-29-27-30-14-13-22(31-27)19-34-15-17-35(18-16-34)24-8-6-7-23-25(24)33-26(32-23)20-9-11-21(12-10-20)28(2,3)4/h6-14H,5,15-19H2,1-4H3,(H,32,33)(H,29,30,31). The largest absolute Gasteiger partial charge is 0.367 e. The van der Waals surface area contributed by atoms with E-state index in [1.165, 1.54) is 11.3 Å². The van der Waals surface area contributed by atoms with Crippen LogP contribution in [0.5, 0.6) is 0 Å². The van der Waals surface area contributed by atoms with Crippen LogP contribution in [-0.2, 0) is 12.0 Å². The first-order valence-corrected chi connectivity index (χ1v) is 12.5. The highest BCUT2D eigenvalue weighted by molar-refractivity contribution is 5.91. The number of aromatic amines is 1. The van der Waals surface area contributed by atoms with Crippen LogP contribution in [0.25, 0.3) is 22.4 Å². The molecule has 2 aromatic heterocycles. The van der Waals surface area contributed by atoms with Crippen LogP contribution in [0, 0.1) is 0 Å². The van der Waals surface area contributed by atoms with Crippen molar-refractivity contribution in [3.63, 3.8) is 0 Å². The van der Waals surface area contributed by atoms with E-state index in [4.69, 9.17) is 4.98 Å². The summed E-state index contributed by atoms with van der Waals surface area (Å²) in [4.78, 5) is 22.4. The highest BCUT2D eigenvalue weighted by Crippen LogP contribution is 2.30. The quantitative estimate of drug-likeness (QED) is 0.411. The van der Waals surface area contributed by atoms with Gasteiger partial charge in [0.1, 0.15) is 5.82 Å². The van der Waals surface area contributed by atoms with Crippen LogP contribution in [0.4, 0.5) is 11.6 Å². The third kappa shape index (κ3) is 5.15. The number of piperazine rings is 1. The first kappa shape index (κ1) is 23.3. The Morgan fingerprint density at radius 1 is 0.943 bits per heavy atom. The number of hydrogen-bond acceptors (Lipinski definition) is 6. The molecule has 1 fully saturated rings. The van der Waals surface area contributed by atoms with Crippen molar-refractivity contribution in [1.29, 1.82) is 0 Å². The molecule has 35 heavy (non-hydrogen) atoms. The molecule has 5 rings (SSSR count). The van der Waals surface area contributed by atoms with Crippen LogP contribution in [0.3, 0.4) is 0 Å². The second-order valence-electron chi connectivity index (χ2n) is 10.2. The van der Waals surface area contributed by atoms with Crippen molar-refractivity contribution < 1.29 is 0 Å². The molecule has 0 saturated carbocycles. The fourth-order valence-electron chi connectivity index (χ4n) is 4.65. The second kappa shape index (κ2) is 9.66. The van der Waals surface area contributed by atoms with Crippen LogP contribution >= 0.6 is 0 Å². The fourth-order valence-corrected chi connectivity index (χ4v) is 4.65. The SMILES string of the molecule is CCNc1nccc(CN2CCN(c3cccc4nc(-c5ccc(C(C)(C)C)cc5)[nH]c34)CC2)n1. The van der Waals surface area contributed by atoms with E-state index in [0.717, 1.165) is 67.4 Å². The zero-order chi connectivity index (χ0) is 24.4. The molecule has 0 bridgehead atoms. The minimum Gasteiger partial charge on any atom is -0.367 e. The van der Waals surface area contributed by atoms with Gasteiger partial charge in [-0.15, -0.1) is 0 Å². The maximum absolute atomic E-state index is 4.91. The lowest BCUT2D eigenvalue weighted by Crippen LogP contribution is -2.46. The predicted molar refractivity (Wildman–Crippen MR) is 144 cm³/mol. The fraction of sp³-hybridized carbons (Fsp3) is 0.393. The summed E-state index contributed by atoms with van der Waals surface area (Å²) >= 11 is 0. The number of H-pyrrole nitrogens is 1. The Hall–Kier alpha value is -3.45. The van der Waals surface area contributed by atoms with Gasteiger partial charge in [0, 0.05) is 51.0 Å². The van der Waals surface area contributed by atoms with Crippen molar-refractivity contribution in [1.82, 2.24) is 24.8 Å². The zero-order valence-electron chi connectivity index (χ0n) is 21.2. The highest BCUT2D eigenvalue weighted by atomic mass is 15.3. The van der Waals surface area contributed by atoms with Crippen LogP contribution in [0.1, 0.15) is 39.0 Å². The van der Waals surface area contributed by atoms with Gasteiger partial charge >= 0.3 is 0 Å². The number of aromatic nitrogens is 4. The average molecular weight is 470 g/mol. The molecule has 1 aliphatic rings. The Kier molecular flexibility index (Phi) is 6.43. The van der Waals surface area contributed by atoms with Gasteiger partial charge in [-0.05, 0) is 36.1 Å². The maximum atomic E-state index is 4.91. The van der Waals surface area contributed by atoms with Crippen molar-refractivity contribution in [3.8, 4) is 11.4 Å². The molecule has 182 valence electrons. The summed E-state index contributed by atoms with van der Waals surface area (Å²) in [6, 6.07) is 17.2. The summed E-state index contributed by atoms with van der Waals surface area (Å²) in [5, 5.41) is 3.20. The number of para-hydroxylation sites is 1. The average Bonchev–Trinajstić information content (AvgIpc) is 3.29. The Morgan fingerprint density at radius 3 is 2.43 bits per heavy atom. The van der Waals surface area contributed by atoms with Crippen LogP contribution in [0.2, 0.25) is 0 Å². The van der Waals surface area contributed by atoms with Gasteiger partial charge in [0.15, 0.2) is 0 Å². The maximum Gasteiger partial charge on any atom is 0.222 e. The highest BCUT2D eigenvalue weighted by Gasteiger charge is 2.21. The Bertz CT molecular complexity index is 1280. The first-order chi connectivity index (χ1) is 16.9. The van der Waals surface area contributed by atoms with E-state index >= 15 is 0 Å². The van der Waals surface area contributed by atoms with Gasteiger partial charge in [-0.2, -0.15) is 0 Å². The molecule has 1 aliphatic heterocycles. The molecule has 0 aliphatic carbocycles. The monoisotopic (exact) mass is 469 g/mol. The lowest BCUT2D eigenvalue weighted by atomic mass is 9.87. The number of rotatable bonds is 6. The number of benzene rings is 2. The minimum atomic E-state index is 0.143. The van der Waals surface area contributed by atoms with Gasteiger partial charge in [-0.25, -0.2) is 15.0 Å². The second-order valence-corrected chi connectivity index (χ2v) is 10.2. The molecule has 2 aromatic carbocycles. The van der Waals surface area contributed by atoms with E-state index in [1.807, 2.05) is 12.3 Å². The van der Waals surface area contributed by atoms with Gasteiger partial charge < -0.3 is 15.2 Å². The Balaban J connectivity index is 1.29. The van der Waals surface area contributed by atoms with Crippen molar-refractivity contribution in [2.75, 3.05) is 42.9 Å². The van der Waals surface area contributed by atoms with Crippen LogP contribution in [-0.4, -0.2) is 57.6 Å². The molecule has 0 unspecified atom stereocenters. The third-order valence-corrected chi connectivity index (χ3v) is 6.67. The molecule has 0 amide bonds. The minimum absolute atomic E-state index is 0.143. The van der Waals surface area contributed by atoms with Crippen molar-refractivity contribution in [3.05, 3.63) is 66.0 Å². The van der Waals surface area contributed by atoms with Gasteiger partial charge in [0.05, 0.1) is 22.4 Å². The molecule has 0 spiro atoms. The number of hydrogen-bond donors (Lipinski definition) is 2. The number of anilines is 2. The van der Waals surface area contributed by atoms with Crippen molar-refractivity contribution in [2.24, 2.45) is 0 Å². The van der Waals surface area contributed by atoms with Crippen LogP contribution in [0.15, 0.2) is 54.7 Å². The summed E-state index contributed by atoms with van der Waals surface area (Å²) in [5.74, 6) is 1.63. The topological polar surface area (TPSA) is 73.0 Å². The summed E-state index contributed by atoms with van der Waals surface area (Å²) in [5.41, 5.74) is 7.00. The van der Waals surface area contributed by atoms with Gasteiger partial charge in [0.25, 0.3) is 0 Å². The summed E-state index contributed by atoms with van der Waals surface area (Å²) in [6.07, 6.45) is 1.84. The number of nitrogens with zero attached hydrogens (tertiary/aromatic N) is 5. The molecule has 7 heteroatoms. The summed E-state index contributed by atoms with van der Waals surface area (Å²) in [6.45, 7) is 14.4. The molecule has 7 nitrogen and oxygen atoms in total. The van der Waals surface area contributed by atoms with E-state index in [1.54, 1.807) is 0 Å². The van der Waals surface area contributed by atoms with E-state index < -0.39 is 0 Å². The van der Waals surface area contributed by atoms with E-state index in [2.05, 4.69) is 100 Å². The zero-order valence-corrected chi connectivity index (χ0v) is 21.2. The van der Waals surface area contributed by atoms with Crippen molar-refractivity contribution >= 4 is 22.7 Å². The molecule has 0 radical (unpaired) electrons. The number of imidazole rings is 1. The normalized spacial score (nSPS) is 15.0. The lowest BCUT2D eigenvalue weighted by Gasteiger charge is -2.36. The smallest absolute Gasteiger partial charge is 0.222 e. The molecule has 0 atom stereocenters. The molecular formula is C28H35N7. The first-order valence-electron chi connectivity index (χ1n) is 12.5. The van der Waals surface area contributed by atoms with Gasteiger partial charge in [-0.1, -0.05) is 51.1 Å². The molecule has 3 heterocycles. The summed E-state index contributed by atoms with van der Waals surface area (Å²) < 4.78 is 0. The Labute approximate surface area is 207 Å². The van der Waals surface area contributed by atoms with E-state index in [9.17, 15) is 0 Å². The molecule has 2 N–H and O–H groups in total. The number of fused-ring (bicyclic) bond motifs is 1. The Morgan fingerprint density at radius 2 is 1.71 bits per heavy atom. The third-order valence-electron chi connectivity index (χ3n) is 6.67. The van der Waals surface area contributed by atoms with E-state index in [0.29, 0.717) is 5.95 Å². The van der Waals surface area contributed by atoms with Gasteiger partial charge in [-0.3, -0.25) is 4.90 Å². The summed E-state index contributed by atoms with van der Waals surface area (Å²) in [7, 11) is 0. The molecule has 1 saturated heterocycles. The van der Waals surface area contributed by atoms with Crippen molar-refractivity contribution in [2.45, 2.75) is 39.7 Å². The number of nitrogens with one attached hydrogen (secondary N) is 2. The molecule has 4 aromatic rings. The molecular weight excluding hydrogens is 434 g/mol. The van der Waals surface area contributed by atoms with E-state index in [-0.39, 0.29) is 5.41 Å². The predicted octanol–water partition coefficient (Wildman–Crippen LogP) is 5.07.